The summed E-state index contributed by atoms with van der Waals surface area (Å²) in [5.41, 5.74) is 0.882. The molecule has 4 bridgehead atoms. The molecule has 0 nitrogen and oxygen atoms in total. The minimum Gasteiger partial charge on any atom is -0.0525 e. The maximum Gasteiger partial charge on any atom is -0.0264 e. The molecule has 6 fully saturated rings. The van der Waals surface area contributed by atoms with Gasteiger partial charge in [0.25, 0.3) is 0 Å². The highest BCUT2D eigenvalue weighted by Crippen LogP contribution is 2.70. The molecule has 6 saturated carbocycles. The first-order chi connectivity index (χ1) is 9.82. The van der Waals surface area contributed by atoms with E-state index in [-0.39, 0.29) is 0 Å². The molecule has 110 valence electrons. The molecule has 0 aromatic heterocycles. The van der Waals surface area contributed by atoms with Crippen LogP contribution >= 0.6 is 0 Å². The van der Waals surface area contributed by atoms with Crippen molar-refractivity contribution in [3.8, 4) is 0 Å². The third-order valence-electron chi connectivity index (χ3n) is 9.52. The van der Waals surface area contributed by atoms with Crippen LogP contribution in [0.25, 0.3) is 0 Å². The van der Waals surface area contributed by atoms with E-state index in [1.807, 2.05) is 0 Å². The number of hydrogen-bond acceptors (Lipinski definition) is 0. The van der Waals surface area contributed by atoms with E-state index in [0.29, 0.717) is 0 Å². The lowest BCUT2D eigenvalue weighted by Gasteiger charge is -2.45. The molecule has 0 radical (unpaired) electrons. The monoisotopic (exact) mass is 270 g/mol. The van der Waals surface area contributed by atoms with Crippen LogP contribution in [0.2, 0.25) is 0 Å². The second-order valence-electron chi connectivity index (χ2n) is 9.93. The average Bonchev–Trinajstić information content (AvgIpc) is 3.19. The van der Waals surface area contributed by atoms with Crippen molar-refractivity contribution >= 4 is 0 Å². The van der Waals surface area contributed by atoms with E-state index in [1.165, 1.54) is 41.4 Å². The highest BCUT2D eigenvalue weighted by Gasteiger charge is 2.61. The van der Waals surface area contributed by atoms with Gasteiger partial charge in [0.05, 0.1) is 0 Å². The highest BCUT2D eigenvalue weighted by molar-refractivity contribution is 5.11. The quantitative estimate of drug-likeness (QED) is 0.608. The van der Waals surface area contributed by atoms with Gasteiger partial charge in [-0.3, -0.25) is 0 Å². The molecule has 6 rings (SSSR count). The van der Waals surface area contributed by atoms with E-state index >= 15 is 0 Å². The van der Waals surface area contributed by atoms with Crippen molar-refractivity contribution < 1.29 is 0 Å². The van der Waals surface area contributed by atoms with Crippen LogP contribution in [0.5, 0.6) is 0 Å². The molecule has 0 aromatic carbocycles. The molecule has 0 N–H and O–H groups in total. The van der Waals surface area contributed by atoms with Gasteiger partial charge in [-0.15, -0.1) is 0 Å². The van der Waals surface area contributed by atoms with Crippen LogP contribution in [0.1, 0.15) is 70.6 Å². The zero-order chi connectivity index (χ0) is 12.9. The average molecular weight is 270 g/mol. The van der Waals surface area contributed by atoms with Gasteiger partial charge in [0, 0.05) is 0 Å². The summed E-state index contributed by atoms with van der Waals surface area (Å²) in [6, 6.07) is 0. The molecule has 0 heteroatoms. The predicted molar refractivity (Wildman–Crippen MR) is 81.1 cm³/mol. The smallest absolute Gasteiger partial charge is 0.0264 e. The molecule has 0 aromatic rings. The first-order valence-electron chi connectivity index (χ1n) is 9.82. The number of hydrogen-bond donors (Lipinski definition) is 0. The summed E-state index contributed by atoms with van der Waals surface area (Å²) in [6.07, 6.45) is 18.0. The van der Waals surface area contributed by atoms with E-state index in [9.17, 15) is 0 Å². The Bertz CT molecular complexity index is 437. The minimum absolute atomic E-state index is 0.882. The fraction of sp³-hybridized carbons (Fsp3) is 1.00. The lowest BCUT2D eigenvalue weighted by Crippen LogP contribution is -2.38. The lowest BCUT2D eigenvalue weighted by molar-refractivity contribution is 0.0328. The number of rotatable bonds is 1. The van der Waals surface area contributed by atoms with Gasteiger partial charge >= 0.3 is 0 Å². The first-order valence-corrected chi connectivity index (χ1v) is 9.82. The van der Waals surface area contributed by atoms with Gasteiger partial charge < -0.3 is 0 Å². The summed E-state index contributed by atoms with van der Waals surface area (Å²) in [4.78, 5) is 0. The summed E-state index contributed by atoms with van der Waals surface area (Å²) >= 11 is 0. The van der Waals surface area contributed by atoms with Crippen LogP contribution in [-0.2, 0) is 0 Å². The molecular weight excluding hydrogens is 240 g/mol. The second kappa shape index (κ2) is 3.66. The summed E-state index contributed by atoms with van der Waals surface area (Å²) in [5.74, 6) is 9.51. The molecule has 0 aliphatic heterocycles. The van der Waals surface area contributed by atoms with Crippen molar-refractivity contribution in [1.29, 1.82) is 0 Å². The topological polar surface area (TPSA) is 0 Å². The summed E-state index contributed by atoms with van der Waals surface area (Å²) in [5, 5.41) is 0. The van der Waals surface area contributed by atoms with Crippen molar-refractivity contribution in [2.75, 3.05) is 0 Å². The molecule has 20 heavy (non-hydrogen) atoms. The van der Waals surface area contributed by atoms with Gasteiger partial charge in [-0.05, 0) is 117 Å². The Hall–Kier alpha value is 0. The van der Waals surface area contributed by atoms with Gasteiger partial charge in [0.15, 0.2) is 0 Å². The zero-order valence-corrected chi connectivity index (χ0v) is 12.9. The highest BCUT2D eigenvalue weighted by atomic mass is 14.7. The molecule has 0 heterocycles. The zero-order valence-electron chi connectivity index (χ0n) is 12.9. The maximum absolute atomic E-state index is 1.68. The van der Waals surface area contributed by atoms with Gasteiger partial charge in [0.1, 0.15) is 0 Å². The van der Waals surface area contributed by atoms with E-state index in [2.05, 4.69) is 0 Å². The molecule has 6 aliphatic rings. The van der Waals surface area contributed by atoms with E-state index < -0.39 is 0 Å². The second-order valence-corrected chi connectivity index (χ2v) is 9.93. The fourth-order valence-electron chi connectivity index (χ4n) is 9.22. The largest absolute Gasteiger partial charge is 0.0525 e. The van der Waals surface area contributed by atoms with Crippen LogP contribution < -0.4 is 0 Å². The third kappa shape index (κ3) is 1.27. The fourth-order valence-corrected chi connectivity index (χ4v) is 9.22. The number of fused-ring (bicyclic) bond motifs is 2. The van der Waals surface area contributed by atoms with Crippen LogP contribution in [0.15, 0.2) is 0 Å². The lowest BCUT2D eigenvalue weighted by atomic mass is 9.59. The Morgan fingerprint density at radius 2 is 1.50 bits per heavy atom. The van der Waals surface area contributed by atoms with E-state index in [4.69, 9.17) is 0 Å². The van der Waals surface area contributed by atoms with Crippen molar-refractivity contribution in [3.05, 3.63) is 0 Å². The predicted octanol–water partition coefficient (Wildman–Crippen LogP) is 5.28. The molecule has 0 amide bonds. The molecule has 9 unspecified atom stereocenters. The van der Waals surface area contributed by atoms with Gasteiger partial charge in [-0.2, -0.15) is 0 Å². The van der Waals surface area contributed by atoms with E-state index in [0.717, 1.165) is 11.3 Å². The minimum atomic E-state index is 0.882. The van der Waals surface area contributed by atoms with Crippen LogP contribution in [-0.4, -0.2) is 0 Å². The SMILES string of the molecule is C1CC2C(C3CC4CC5CC4C3C5)CC3CCC2(C1)C3. The maximum atomic E-state index is 1.68. The van der Waals surface area contributed by atoms with Crippen LogP contribution in [0.3, 0.4) is 0 Å². The Morgan fingerprint density at radius 3 is 2.40 bits per heavy atom. The van der Waals surface area contributed by atoms with Crippen molar-refractivity contribution in [3.63, 3.8) is 0 Å². The molecule has 9 atom stereocenters. The van der Waals surface area contributed by atoms with Gasteiger partial charge in [-0.25, -0.2) is 0 Å². The Morgan fingerprint density at radius 1 is 0.650 bits per heavy atom. The standard InChI is InChI=1S/C20H30/c1-2-19-18(7-12-3-5-20(19,4-1)11-12)17-10-14-6-13-8-15(14)16(17)9-13/h12-19H,1-11H2. The van der Waals surface area contributed by atoms with Crippen molar-refractivity contribution in [1.82, 2.24) is 0 Å². The van der Waals surface area contributed by atoms with Crippen LogP contribution in [0.4, 0.5) is 0 Å². The van der Waals surface area contributed by atoms with Gasteiger partial charge in [-0.1, -0.05) is 6.42 Å². The molecule has 1 spiro atoms. The third-order valence-corrected chi connectivity index (χ3v) is 9.52. The summed E-state index contributed by atoms with van der Waals surface area (Å²) in [7, 11) is 0. The van der Waals surface area contributed by atoms with E-state index in [1.54, 1.807) is 70.6 Å². The normalized spacial score (nSPS) is 66.0. The summed E-state index contributed by atoms with van der Waals surface area (Å²) < 4.78 is 0. The van der Waals surface area contributed by atoms with Gasteiger partial charge in [0.2, 0.25) is 0 Å². The first kappa shape index (κ1) is 11.6. The Kier molecular flexibility index (Phi) is 2.12. The molecule has 6 aliphatic carbocycles. The molecule has 0 saturated heterocycles. The Balaban J connectivity index is 1.36. The van der Waals surface area contributed by atoms with Crippen LogP contribution in [0, 0.1) is 52.8 Å². The Labute approximate surface area is 124 Å². The molecular formula is C20H30. The van der Waals surface area contributed by atoms with Crippen molar-refractivity contribution in [2.45, 2.75) is 70.6 Å². The van der Waals surface area contributed by atoms with Crippen molar-refractivity contribution in [2.24, 2.45) is 52.8 Å². The summed E-state index contributed by atoms with van der Waals surface area (Å²) in [6.45, 7) is 0.